The van der Waals surface area contributed by atoms with Gasteiger partial charge in [0, 0.05) is 24.0 Å². The zero-order valence-corrected chi connectivity index (χ0v) is 19.0. The van der Waals surface area contributed by atoms with Crippen molar-refractivity contribution in [1.82, 2.24) is 10.2 Å². The minimum absolute atomic E-state index is 0.0250. The van der Waals surface area contributed by atoms with Crippen molar-refractivity contribution < 1.29 is 9.59 Å². The van der Waals surface area contributed by atoms with E-state index < -0.39 is 0 Å². The summed E-state index contributed by atoms with van der Waals surface area (Å²) in [5.41, 5.74) is 1.87. The maximum Gasteiger partial charge on any atom is 0.252 e. The Hall–Kier alpha value is -2.27. The molecule has 30 heavy (non-hydrogen) atoms. The number of carbonyl (C=O) groups is 2. The molecule has 1 N–H and O–H groups in total. The lowest BCUT2D eigenvalue weighted by molar-refractivity contribution is -0.127. The maximum absolute atomic E-state index is 13.0. The van der Waals surface area contributed by atoms with Crippen molar-refractivity contribution in [3.8, 4) is 0 Å². The van der Waals surface area contributed by atoms with Crippen molar-refractivity contribution in [2.75, 3.05) is 18.8 Å². The largest absolute Gasteiger partial charge is 0.350 e. The van der Waals surface area contributed by atoms with Gasteiger partial charge in [-0.15, -0.1) is 11.8 Å². The lowest BCUT2D eigenvalue weighted by Gasteiger charge is -2.29. The van der Waals surface area contributed by atoms with Gasteiger partial charge >= 0.3 is 0 Å². The van der Waals surface area contributed by atoms with Gasteiger partial charge in [-0.2, -0.15) is 0 Å². The highest BCUT2D eigenvalue weighted by Gasteiger charge is 2.25. The fraction of sp³-hybridized carbons (Fsp3) is 0.440. The number of carbonyl (C=O) groups excluding carboxylic acids is 2. The number of nitrogens with one attached hydrogen (secondary N) is 1. The topological polar surface area (TPSA) is 49.4 Å². The summed E-state index contributed by atoms with van der Waals surface area (Å²) in [7, 11) is 0. The van der Waals surface area contributed by atoms with Crippen molar-refractivity contribution in [3.63, 3.8) is 0 Å². The molecule has 3 rings (SSSR count). The zero-order chi connectivity index (χ0) is 21.6. The van der Waals surface area contributed by atoms with Crippen LogP contribution in [-0.4, -0.2) is 41.6 Å². The number of hydrogen-bond donors (Lipinski definition) is 1. The number of thioether (sulfide) groups is 1. The summed E-state index contributed by atoms with van der Waals surface area (Å²) in [6, 6.07) is 18.0. The van der Waals surface area contributed by atoms with Gasteiger partial charge in [0.2, 0.25) is 5.91 Å². The summed E-state index contributed by atoms with van der Waals surface area (Å²) in [4.78, 5) is 28.1. The number of nitrogens with zero attached hydrogens (tertiary/aromatic N) is 1. The van der Waals surface area contributed by atoms with Crippen LogP contribution in [0.4, 0.5) is 0 Å². The molecular formula is C25H32N2O2S. The van der Waals surface area contributed by atoms with E-state index in [-0.39, 0.29) is 23.3 Å². The first-order valence-electron chi connectivity index (χ1n) is 10.7. The van der Waals surface area contributed by atoms with Gasteiger partial charge in [0.05, 0.1) is 11.3 Å². The molecule has 0 aliphatic carbocycles. The Balaban J connectivity index is 1.60. The number of hydrogen-bond acceptors (Lipinski definition) is 3. The summed E-state index contributed by atoms with van der Waals surface area (Å²) in [6.45, 7) is 8.18. The van der Waals surface area contributed by atoms with Crippen molar-refractivity contribution in [1.29, 1.82) is 0 Å². The summed E-state index contributed by atoms with van der Waals surface area (Å²) in [5, 5.41) is 3.16. The second-order valence-electron chi connectivity index (χ2n) is 8.70. The fourth-order valence-electron chi connectivity index (χ4n) is 4.10. The molecule has 0 aromatic heterocycles. The van der Waals surface area contributed by atoms with Gasteiger partial charge in [-0.25, -0.2) is 0 Å². The van der Waals surface area contributed by atoms with Gasteiger partial charge in [-0.1, -0.05) is 56.3 Å². The van der Waals surface area contributed by atoms with E-state index in [9.17, 15) is 9.59 Å². The first-order valence-corrected chi connectivity index (χ1v) is 11.7. The van der Waals surface area contributed by atoms with E-state index in [0.29, 0.717) is 11.3 Å². The fourth-order valence-corrected chi connectivity index (χ4v) is 5.06. The SMILES string of the molecule is CC(CC(C)(C)c1ccccc1)NC(=O)c1ccccc1SCC(=O)N1CCCC1. The molecule has 0 spiro atoms. The molecule has 1 fully saturated rings. The van der Waals surface area contributed by atoms with Crippen LogP contribution >= 0.6 is 11.8 Å². The maximum atomic E-state index is 13.0. The Bertz CT molecular complexity index is 860. The van der Waals surface area contributed by atoms with Crippen molar-refractivity contribution in [2.45, 2.75) is 56.4 Å². The first kappa shape index (κ1) is 22.4. The van der Waals surface area contributed by atoms with Crippen LogP contribution in [0.1, 0.15) is 56.0 Å². The van der Waals surface area contributed by atoms with E-state index in [1.807, 2.05) is 35.2 Å². The molecule has 2 aromatic rings. The molecule has 2 aromatic carbocycles. The van der Waals surface area contributed by atoms with Crippen LogP contribution in [-0.2, 0) is 10.2 Å². The van der Waals surface area contributed by atoms with E-state index in [2.05, 4.69) is 50.4 Å². The molecule has 0 radical (unpaired) electrons. The molecule has 4 nitrogen and oxygen atoms in total. The monoisotopic (exact) mass is 424 g/mol. The molecular weight excluding hydrogens is 392 g/mol. The quantitative estimate of drug-likeness (QED) is 0.614. The van der Waals surface area contributed by atoms with Crippen molar-refractivity contribution in [3.05, 3.63) is 65.7 Å². The average Bonchev–Trinajstić information content (AvgIpc) is 3.27. The summed E-state index contributed by atoms with van der Waals surface area (Å²) in [6.07, 6.45) is 3.02. The summed E-state index contributed by atoms with van der Waals surface area (Å²) in [5.74, 6) is 0.453. The molecule has 1 unspecified atom stereocenters. The van der Waals surface area contributed by atoms with Crippen LogP contribution in [0.15, 0.2) is 59.5 Å². The van der Waals surface area contributed by atoms with Gasteiger partial charge in [0.1, 0.15) is 0 Å². The second kappa shape index (κ2) is 10.2. The van der Waals surface area contributed by atoms with E-state index >= 15 is 0 Å². The minimum atomic E-state index is -0.0805. The smallest absolute Gasteiger partial charge is 0.252 e. The lowest BCUT2D eigenvalue weighted by atomic mass is 9.79. The molecule has 1 heterocycles. The van der Waals surface area contributed by atoms with Gasteiger partial charge in [0.25, 0.3) is 5.91 Å². The molecule has 1 aliphatic heterocycles. The van der Waals surface area contributed by atoms with Crippen LogP contribution in [0.5, 0.6) is 0 Å². The predicted molar refractivity (Wildman–Crippen MR) is 124 cm³/mol. The van der Waals surface area contributed by atoms with Crippen LogP contribution in [0.2, 0.25) is 0 Å². The van der Waals surface area contributed by atoms with Gasteiger partial charge in [0.15, 0.2) is 0 Å². The van der Waals surface area contributed by atoms with E-state index in [1.54, 1.807) is 0 Å². The Kier molecular flexibility index (Phi) is 7.59. The van der Waals surface area contributed by atoms with Crippen molar-refractivity contribution >= 4 is 23.6 Å². The molecule has 1 aliphatic rings. The van der Waals surface area contributed by atoms with Crippen LogP contribution in [0.3, 0.4) is 0 Å². The van der Waals surface area contributed by atoms with Crippen molar-refractivity contribution in [2.24, 2.45) is 0 Å². The number of likely N-dealkylation sites (tertiary alicyclic amines) is 1. The lowest BCUT2D eigenvalue weighted by Crippen LogP contribution is -2.37. The predicted octanol–water partition coefficient (Wildman–Crippen LogP) is 4.89. The highest BCUT2D eigenvalue weighted by Crippen LogP contribution is 2.29. The standard InChI is InChI=1S/C25H32N2O2S/c1-19(17-25(2,3)20-11-5-4-6-12-20)26-24(29)21-13-7-8-14-22(21)30-18-23(28)27-15-9-10-16-27/h4-8,11-14,19H,9-10,15-18H2,1-3H3,(H,26,29). The molecule has 160 valence electrons. The molecule has 0 bridgehead atoms. The van der Waals surface area contributed by atoms with Gasteiger partial charge in [-0.3, -0.25) is 9.59 Å². The van der Waals surface area contributed by atoms with E-state index in [0.717, 1.165) is 37.2 Å². The normalized spacial score (nSPS) is 15.1. The average molecular weight is 425 g/mol. The van der Waals surface area contributed by atoms with Gasteiger partial charge in [-0.05, 0) is 49.3 Å². The molecule has 1 saturated heterocycles. The van der Waals surface area contributed by atoms with Crippen LogP contribution in [0, 0.1) is 0 Å². The Morgan fingerprint density at radius 1 is 1.03 bits per heavy atom. The summed E-state index contributed by atoms with van der Waals surface area (Å²) < 4.78 is 0. The van der Waals surface area contributed by atoms with Crippen LogP contribution < -0.4 is 5.32 Å². The second-order valence-corrected chi connectivity index (χ2v) is 9.72. The third kappa shape index (κ3) is 5.88. The molecule has 2 amide bonds. The zero-order valence-electron chi connectivity index (χ0n) is 18.2. The van der Waals surface area contributed by atoms with E-state index in [1.165, 1.54) is 17.3 Å². The highest BCUT2D eigenvalue weighted by molar-refractivity contribution is 8.00. The molecule has 5 heteroatoms. The first-order chi connectivity index (χ1) is 14.4. The third-order valence-corrected chi connectivity index (χ3v) is 6.75. The Morgan fingerprint density at radius 2 is 1.67 bits per heavy atom. The van der Waals surface area contributed by atoms with E-state index in [4.69, 9.17) is 0 Å². The summed E-state index contributed by atoms with van der Waals surface area (Å²) >= 11 is 1.46. The minimum Gasteiger partial charge on any atom is -0.350 e. The highest BCUT2D eigenvalue weighted by atomic mass is 32.2. The number of benzene rings is 2. The molecule has 1 atom stereocenters. The number of rotatable bonds is 8. The Labute approximate surface area is 184 Å². The molecule has 0 saturated carbocycles. The Morgan fingerprint density at radius 3 is 2.37 bits per heavy atom. The van der Waals surface area contributed by atoms with Gasteiger partial charge < -0.3 is 10.2 Å². The van der Waals surface area contributed by atoms with Crippen LogP contribution in [0.25, 0.3) is 0 Å². The third-order valence-electron chi connectivity index (χ3n) is 5.69. The number of amides is 2.